The maximum absolute atomic E-state index is 12.7. The van der Waals surface area contributed by atoms with Crippen LogP contribution in [0.25, 0.3) is 5.70 Å². The summed E-state index contributed by atoms with van der Waals surface area (Å²) in [4.78, 5) is 47.6. The minimum absolute atomic E-state index is 0.132. The Morgan fingerprint density at radius 1 is 1.11 bits per heavy atom. The van der Waals surface area contributed by atoms with Gasteiger partial charge in [0.2, 0.25) is 5.91 Å². The second-order valence-corrected chi connectivity index (χ2v) is 10.9. The number of hydrogen-bond acceptors (Lipinski definition) is 7. The van der Waals surface area contributed by atoms with E-state index in [-0.39, 0.29) is 17.8 Å². The van der Waals surface area contributed by atoms with Crippen LogP contribution in [0.1, 0.15) is 39.5 Å². The molecule has 0 radical (unpaired) electrons. The van der Waals surface area contributed by atoms with Gasteiger partial charge in [-0.3, -0.25) is 14.7 Å². The maximum atomic E-state index is 12.7. The van der Waals surface area contributed by atoms with Gasteiger partial charge in [-0.05, 0) is 70.5 Å². The molecule has 4 rings (SSSR count). The van der Waals surface area contributed by atoms with E-state index in [1.165, 1.54) is 6.42 Å². The fourth-order valence-corrected chi connectivity index (χ4v) is 5.30. The lowest BCUT2D eigenvalue weighted by Crippen LogP contribution is -2.58. The van der Waals surface area contributed by atoms with Gasteiger partial charge in [-0.1, -0.05) is 6.08 Å². The van der Waals surface area contributed by atoms with Gasteiger partial charge < -0.3 is 26.2 Å². The van der Waals surface area contributed by atoms with Crippen LogP contribution in [0.2, 0.25) is 0 Å². The SMILES string of the molecule is CC(C)(N)C(=O)N1CCN(C(=O)Nc2ccn(C3=CC[C@@H](CN4CC[C@@H](CN)C4)CC3)c(=O)n2)CC1. The largest absolute Gasteiger partial charge is 0.353 e. The summed E-state index contributed by atoms with van der Waals surface area (Å²) in [5.41, 5.74) is 11.3. The smallest absolute Gasteiger partial charge is 0.338 e. The third-order valence-corrected chi connectivity index (χ3v) is 7.47. The van der Waals surface area contributed by atoms with E-state index >= 15 is 0 Å². The van der Waals surface area contributed by atoms with Crippen molar-refractivity contribution in [2.24, 2.45) is 23.3 Å². The summed E-state index contributed by atoms with van der Waals surface area (Å²) in [5, 5.41) is 2.71. The van der Waals surface area contributed by atoms with E-state index in [4.69, 9.17) is 11.5 Å². The minimum atomic E-state index is -0.936. The first-order valence-electron chi connectivity index (χ1n) is 13.0. The van der Waals surface area contributed by atoms with Gasteiger partial charge in [0, 0.05) is 51.2 Å². The molecule has 1 aromatic heterocycles. The number of rotatable bonds is 6. The zero-order valence-electron chi connectivity index (χ0n) is 21.5. The molecule has 3 aliphatic rings. The molecule has 2 aliphatic heterocycles. The molecule has 1 aliphatic carbocycles. The Morgan fingerprint density at radius 3 is 2.42 bits per heavy atom. The molecule has 0 unspecified atom stereocenters. The van der Waals surface area contributed by atoms with Crippen LogP contribution in [0.3, 0.4) is 0 Å². The summed E-state index contributed by atoms with van der Waals surface area (Å²) in [6, 6.07) is 1.32. The number of likely N-dealkylation sites (tertiary alicyclic amines) is 1. The average Bonchev–Trinajstić information content (AvgIpc) is 3.31. The highest BCUT2D eigenvalue weighted by Gasteiger charge is 2.31. The highest BCUT2D eigenvalue weighted by Crippen LogP contribution is 2.28. The van der Waals surface area contributed by atoms with E-state index in [1.54, 1.807) is 40.5 Å². The van der Waals surface area contributed by atoms with E-state index in [2.05, 4.69) is 21.3 Å². The molecule has 11 nitrogen and oxygen atoms in total. The van der Waals surface area contributed by atoms with Gasteiger partial charge >= 0.3 is 11.7 Å². The van der Waals surface area contributed by atoms with Crippen molar-refractivity contribution in [2.45, 2.75) is 45.1 Å². The van der Waals surface area contributed by atoms with E-state index in [0.717, 1.165) is 51.1 Å². The number of anilines is 1. The summed E-state index contributed by atoms with van der Waals surface area (Å²) in [6.07, 6.45) is 7.83. The molecule has 11 heteroatoms. The number of carbonyl (C=O) groups is 2. The Bertz CT molecular complexity index is 1040. The van der Waals surface area contributed by atoms with Crippen LogP contribution >= 0.6 is 0 Å². The standard InChI is InChI=1S/C25H40N8O3/c1-25(2,27)22(34)31-11-13-32(14-12-31)23(35)28-21-8-10-33(24(36)29-21)20-5-3-18(4-6-20)16-30-9-7-19(15-26)17-30/h5,8,10,18-19H,3-4,6-7,9,11-17,26-27H2,1-2H3,(H,28,29,35,36)/t18-,19+/m1/s1. The van der Waals surface area contributed by atoms with Crippen LogP contribution < -0.4 is 22.5 Å². The number of piperazine rings is 1. The third kappa shape index (κ3) is 6.32. The van der Waals surface area contributed by atoms with Crippen molar-refractivity contribution in [3.05, 3.63) is 28.8 Å². The molecule has 2 atom stereocenters. The second-order valence-electron chi connectivity index (χ2n) is 10.9. The summed E-state index contributed by atoms with van der Waals surface area (Å²) < 4.78 is 1.57. The van der Waals surface area contributed by atoms with E-state index in [0.29, 0.717) is 38.0 Å². The van der Waals surface area contributed by atoms with Crippen LogP contribution in [-0.2, 0) is 4.79 Å². The molecule has 5 N–H and O–H groups in total. The number of nitrogens with two attached hydrogens (primary N) is 2. The van der Waals surface area contributed by atoms with Gasteiger partial charge in [0.15, 0.2) is 0 Å². The van der Waals surface area contributed by atoms with Crippen molar-refractivity contribution in [2.75, 3.05) is 57.7 Å². The second kappa shape index (κ2) is 11.1. The number of aromatic nitrogens is 2. The molecule has 36 heavy (non-hydrogen) atoms. The molecule has 3 amide bonds. The zero-order valence-corrected chi connectivity index (χ0v) is 21.5. The van der Waals surface area contributed by atoms with Crippen molar-refractivity contribution in [3.8, 4) is 0 Å². The maximum Gasteiger partial charge on any atom is 0.353 e. The normalized spacial score (nSPS) is 23.5. The topological polar surface area (TPSA) is 143 Å². The van der Waals surface area contributed by atoms with Gasteiger partial charge in [-0.25, -0.2) is 9.59 Å². The van der Waals surface area contributed by atoms with Gasteiger partial charge in [0.25, 0.3) is 0 Å². The molecule has 0 bridgehead atoms. The number of urea groups is 1. The predicted molar refractivity (Wildman–Crippen MR) is 139 cm³/mol. The molecule has 2 fully saturated rings. The molecular formula is C25H40N8O3. The third-order valence-electron chi connectivity index (χ3n) is 7.47. The lowest BCUT2D eigenvalue weighted by Gasteiger charge is -2.37. The van der Waals surface area contributed by atoms with E-state index in [1.807, 2.05) is 0 Å². The predicted octanol–water partition coefficient (Wildman–Crippen LogP) is 0.578. The Hall–Kier alpha value is -2.76. The minimum Gasteiger partial charge on any atom is -0.338 e. The molecule has 198 valence electrons. The van der Waals surface area contributed by atoms with Crippen molar-refractivity contribution in [1.29, 1.82) is 0 Å². The summed E-state index contributed by atoms with van der Waals surface area (Å²) >= 11 is 0. The number of allylic oxidation sites excluding steroid dienone is 2. The lowest BCUT2D eigenvalue weighted by atomic mass is 9.92. The van der Waals surface area contributed by atoms with E-state index < -0.39 is 11.2 Å². The molecule has 2 saturated heterocycles. The van der Waals surface area contributed by atoms with Crippen molar-refractivity contribution in [3.63, 3.8) is 0 Å². The first-order chi connectivity index (χ1) is 17.1. The van der Waals surface area contributed by atoms with Crippen LogP contribution in [0.15, 0.2) is 23.1 Å². The number of carbonyl (C=O) groups excluding carboxylic acids is 2. The summed E-state index contributed by atoms with van der Waals surface area (Å²) in [6.45, 7) is 9.06. The number of amides is 3. The molecule has 3 heterocycles. The number of nitrogens with zero attached hydrogens (tertiary/aromatic N) is 5. The molecule has 0 aromatic carbocycles. The number of hydrogen-bond donors (Lipinski definition) is 3. The van der Waals surface area contributed by atoms with Crippen LogP contribution in [-0.4, -0.2) is 94.1 Å². The van der Waals surface area contributed by atoms with Gasteiger partial charge in [0.05, 0.1) is 5.54 Å². The first kappa shape index (κ1) is 26.3. The lowest BCUT2D eigenvalue weighted by molar-refractivity contribution is -0.137. The summed E-state index contributed by atoms with van der Waals surface area (Å²) in [5.74, 6) is 1.31. The van der Waals surface area contributed by atoms with Crippen LogP contribution in [0, 0.1) is 11.8 Å². The molecule has 1 aromatic rings. The van der Waals surface area contributed by atoms with Gasteiger partial charge in [-0.15, -0.1) is 0 Å². The quantitative estimate of drug-likeness (QED) is 0.518. The Labute approximate surface area is 212 Å². The molecule has 0 saturated carbocycles. The van der Waals surface area contributed by atoms with Crippen LogP contribution in [0.4, 0.5) is 10.6 Å². The van der Waals surface area contributed by atoms with Gasteiger partial charge in [-0.2, -0.15) is 4.98 Å². The zero-order chi connectivity index (χ0) is 25.9. The fraction of sp³-hybridized carbons (Fsp3) is 0.680. The van der Waals surface area contributed by atoms with Crippen molar-refractivity contribution in [1.82, 2.24) is 24.3 Å². The highest BCUT2D eigenvalue weighted by atomic mass is 16.2. The molecular weight excluding hydrogens is 460 g/mol. The Morgan fingerprint density at radius 2 is 1.83 bits per heavy atom. The van der Waals surface area contributed by atoms with E-state index in [9.17, 15) is 14.4 Å². The van der Waals surface area contributed by atoms with Gasteiger partial charge in [0.1, 0.15) is 5.82 Å². The van der Waals surface area contributed by atoms with Crippen molar-refractivity contribution < 1.29 is 9.59 Å². The highest BCUT2D eigenvalue weighted by molar-refractivity contribution is 5.89. The fourth-order valence-electron chi connectivity index (χ4n) is 5.30. The Balaban J connectivity index is 1.28. The first-order valence-corrected chi connectivity index (χ1v) is 13.0. The monoisotopic (exact) mass is 500 g/mol. The summed E-state index contributed by atoms with van der Waals surface area (Å²) in [7, 11) is 0. The average molecular weight is 501 g/mol. The Kier molecular flexibility index (Phi) is 8.11. The van der Waals surface area contributed by atoms with Crippen molar-refractivity contribution >= 4 is 23.5 Å². The number of nitrogens with one attached hydrogen (secondary N) is 1. The molecule has 0 spiro atoms. The van der Waals surface area contributed by atoms with Crippen LogP contribution in [0.5, 0.6) is 0 Å².